The highest BCUT2D eigenvalue weighted by molar-refractivity contribution is 5.75. The molecule has 4 rings (SSSR count). The highest BCUT2D eigenvalue weighted by atomic mass is 19.1. The summed E-state index contributed by atoms with van der Waals surface area (Å²) in [6.07, 6.45) is 2.75. The predicted molar refractivity (Wildman–Crippen MR) is 90.7 cm³/mol. The van der Waals surface area contributed by atoms with Gasteiger partial charge >= 0.3 is 6.03 Å². The van der Waals surface area contributed by atoms with Gasteiger partial charge < -0.3 is 19.7 Å². The maximum atomic E-state index is 13.9. The molecule has 1 aromatic carbocycles. The Morgan fingerprint density at radius 2 is 2.08 bits per heavy atom. The van der Waals surface area contributed by atoms with Crippen LogP contribution in [0.4, 0.5) is 9.18 Å². The molecule has 0 radical (unpaired) electrons. The maximum Gasteiger partial charge on any atom is 0.317 e. The largest absolute Gasteiger partial charge is 0.347 e. The van der Waals surface area contributed by atoms with Crippen LogP contribution in [0.15, 0.2) is 24.3 Å². The Hall–Kier alpha value is -1.66. The van der Waals surface area contributed by atoms with E-state index in [1.165, 1.54) is 6.07 Å². The summed E-state index contributed by atoms with van der Waals surface area (Å²) >= 11 is 0. The van der Waals surface area contributed by atoms with Gasteiger partial charge in [-0.25, -0.2) is 9.18 Å². The first kappa shape index (κ1) is 16.8. The molecule has 1 saturated carbocycles. The van der Waals surface area contributed by atoms with Gasteiger partial charge in [-0.3, -0.25) is 0 Å². The van der Waals surface area contributed by atoms with Crippen molar-refractivity contribution in [2.24, 2.45) is 5.92 Å². The van der Waals surface area contributed by atoms with Crippen molar-refractivity contribution in [3.05, 3.63) is 35.6 Å². The third kappa shape index (κ3) is 3.37. The zero-order valence-electron chi connectivity index (χ0n) is 14.5. The standard InChI is InChI=1S/C19H25FN2O3/c1-19(24-9-10-25-19)13-5-4-8-22(12-13)18(23)21-17-11-15(17)14-6-2-3-7-16(14)20/h2-3,6-7,13,15,17H,4-5,8-12H2,1H3,(H,21,23)/t13-,15-,17-/m1/s1. The van der Waals surface area contributed by atoms with Gasteiger partial charge in [0.1, 0.15) is 5.82 Å². The van der Waals surface area contributed by atoms with E-state index < -0.39 is 5.79 Å². The minimum absolute atomic E-state index is 0.0272. The molecule has 1 aromatic rings. The number of hydrogen-bond acceptors (Lipinski definition) is 3. The summed E-state index contributed by atoms with van der Waals surface area (Å²) in [7, 11) is 0. The van der Waals surface area contributed by atoms with Crippen LogP contribution in [-0.4, -0.2) is 49.1 Å². The Balaban J connectivity index is 1.33. The summed E-state index contributed by atoms with van der Waals surface area (Å²) in [5.74, 6) is -0.486. The smallest absolute Gasteiger partial charge is 0.317 e. The van der Waals surface area contributed by atoms with Crippen molar-refractivity contribution in [1.82, 2.24) is 10.2 Å². The summed E-state index contributed by atoms with van der Waals surface area (Å²) in [4.78, 5) is 14.5. The second kappa shape index (κ2) is 6.57. The van der Waals surface area contributed by atoms with E-state index in [4.69, 9.17) is 9.47 Å². The third-order valence-electron chi connectivity index (χ3n) is 5.71. The lowest BCUT2D eigenvalue weighted by Crippen LogP contribution is -2.51. The number of rotatable bonds is 3. The number of ether oxygens (including phenoxy) is 2. The quantitative estimate of drug-likeness (QED) is 0.914. The highest BCUT2D eigenvalue weighted by Gasteiger charge is 2.45. The van der Waals surface area contributed by atoms with Crippen molar-refractivity contribution in [3.63, 3.8) is 0 Å². The molecular weight excluding hydrogens is 323 g/mol. The second-order valence-electron chi connectivity index (χ2n) is 7.42. The molecule has 3 fully saturated rings. The molecule has 1 N–H and O–H groups in total. The van der Waals surface area contributed by atoms with Crippen LogP contribution in [0.5, 0.6) is 0 Å². The molecule has 0 aromatic heterocycles. The number of carbonyl (C=O) groups excluding carboxylic acids is 1. The molecule has 136 valence electrons. The van der Waals surface area contributed by atoms with E-state index in [1.807, 2.05) is 17.9 Å². The van der Waals surface area contributed by atoms with Crippen LogP contribution in [0, 0.1) is 11.7 Å². The van der Waals surface area contributed by atoms with Crippen molar-refractivity contribution >= 4 is 6.03 Å². The van der Waals surface area contributed by atoms with Gasteiger partial charge in [-0.15, -0.1) is 0 Å². The van der Waals surface area contributed by atoms with Crippen molar-refractivity contribution in [1.29, 1.82) is 0 Å². The minimum Gasteiger partial charge on any atom is -0.347 e. The van der Waals surface area contributed by atoms with Gasteiger partial charge in [0.15, 0.2) is 5.79 Å². The van der Waals surface area contributed by atoms with Gasteiger partial charge in [0.25, 0.3) is 0 Å². The molecule has 0 bridgehead atoms. The van der Waals surface area contributed by atoms with Gasteiger partial charge in [0.2, 0.25) is 0 Å². The van der Waals surface area contributed by atoms with E-state index in [-0.39, 0.29) is 29.7 Å². The summed E-state index contributed by atoms with van der Waals surface area (Å²) in [5.41, 5.74) is 0.699. The molecule has 2 amide bonds. The van der Waals surface area contributed by atoms with E-state index in [2.05, 4.69) is 5.32 Å². The van der Waals surface area contributed by atoms with Crippen molar-refractivity contribution in [3.8, 4) is 0 Å². The van der Waals surface area contributed by atoms with Gasteiger partial charge in [0.05, 0.1) is 13.2 Å². The first-order valence-corrected chi connectivity index (χ1v) is 9.14. The average Bonchev–Trinajstić information content (AvgIpc) is 3.23. The number of carbonyl (C=O) groups is 1. The molecule has 2 aliphatic heterocycles. The van der Waals surface area contributed by atoms with E-state index in [1.54, 1.807) is 12.1 Å². The van der Waals surface area contributed by atoms with Gasteiger partial charge in [-0.05, 0) is 37.8 Å². The van der Waals surface area contributed by atoms with E-state index >= 15 is 0 Å². The Morgan fingerprint density at radius 1 is 1.32 bits per heavy atom. The Bertz CT molecular complexity index is 647. The number of nitrogens with zero attached hydrogens (tertiary/aromatic N) is 1. The molecule has 6 heteroatoms. The highest BCUT2D eigenvalue weighted by Crippen LogP contribution is 2.42. The second-order valence-corrected chi connectivity index (χ2v) is 7.42. The summed E-state index contributed by atoms with van der Waals surface area (Å²) in [6, 6.07) is 6.78. The summed E-state index contributed by atoms with van der Waals surface area (Å²) < 4.78 is 25.4. The Labute approximate surface area is 147 Å². The lowest BCUT2D eigenvalue weighted by Gasteiger charge is -2.39. The molecule has 2 heterocycles. The SMILES string of the molecule is CC1([C@@H]2CCCN(C(=O)N[C@@H]3C[C@@H]3c3ccccc3F)C2)OCCO1. The number of urea groups is 1. The lowest BCUT2D eigenvalue weighted by atomic mass is 9.90. The topological polar surface area (TPSA) is 50.8 Å². The number of amides is 2. The molecule has 0 unspecified atom stereocenters. The number of halogens is 1. The predicted octanol–water partition coefficient (Wildman–Crippen LogP) is 2.87. The third-order valence-corrected chi connectivity index (χ3v) is 5.71. The van der Waals surface area contributed by atoms with Crippen LogP contribution >= 0.6 is 0 Å². The van der Waals surface area contributed by atoms with Crippen LogP contribution in [0.25, 0.3) is 0 Å². The molecule has 1 aliphatic carbocycles. The van der Waals surface area contributed by atoms with Crippen LogP contribution in [0.1, 0.15) is 37.7 Å². The first-order valence-electron chi connectivity index (χ1n) is 9.14. The molecular formula is C19H25FN2O3. The molecule has 5 nitrogen and oxygen atoms in total. The van der Waals surface area contributed by atoms with Crippen molar-refractivity contribution < 1.29 is 18.7 Å². The Morgan fingerprint density at radius 3 is 2.84 bits per heavy atom. The van der Waals surface area contributed by atoms with Crippen LogP contribution in [0.3, 0.4) is 0 Å². The van der Waals surface area contributed by atoms with Crippen molar-refractivity contribution in [2.45, 2.75) is 43.9 Å². The van der Waals surface area contributed by atoms with Gasteiger partial charge in [0, 0.05) is 31.0 Å². The number of nitrogens with one attached hydrogen (secondary N) is 1. The Kier molecular flexibility index (Phi) is 4.41. The molecule has 3 aliphatic rings. The van der Waals surface area contributed by atoms with E-state index in [9.17, 15) is 9.18 Å². The maximum absolute atomic E-state index is 13.9. The summed E-state index contributed by atoms with van der Waals surface area (Å²) in [5, 5.41) is 3.06. The lowest BCUT2D eigenvalue weighted by molar-refractivity contribution is -0.189. The molecule has 25 heavy (non-hydrogen) atoms. The monoisotopic (exact) mass is 348 g/mol. The molecule has 2 saturated heterocycles. The van der Waals surface area contributed by atoms with E-state index in [0.717, 1.165) is 25.8 Å². The zero-order valence-corrected chi connectivity index (χ0v) is 14.5. The van der Waals surface area contributed by atoms with Crippen LogP contribution in [0.2, 0.25) is 0 Å². The van der Waals surface area contributed by atoms with Crippen LogP contribution < -0.4 is 5.32 Å². The van der Waals surface area contributed by atoms with Gasteiger partial charge in [-0.1, -0.05) is 18.2 Å². The average molecular weight is 348 g/mol. The fourth-order valence-corrected chi connectivity index (χ4v) is 4.08. The fraction of sp³-hybridized carbons (Fsp3) is 0.632. The number of piperidine rings is 1. The number of hydrogen-bond donors (Lipinski definition) is 1. The normalized spacial score (nSPS) is 31.0. The zero-order chi connectivity index (χ0) is 17.4. The fourth-order valence-electron chi connectivity index (χ4n) is 4.08. The number of benzene rings is 1. The molecule has 0 spiro atoms. The van der Waals surface area contributed by atoms with Gasteiger partial charge in [-0.2, -0.15) is 0 Å². The minimum atomic E-state index is -0.575. The van der Waals surface area contributed by atoms with Crippen molar-refractivity contribution in [2.75, 3.05) is 26.3 Å². The van der Waals surface area contributed by atoms with E-state index in [0.29, 0.717) is 25.3 Å². The molecule has 3 atom stereocenters. The number of likely N-dealkylation sites (tertiary alicyclic amines) is 1. The summed E-state index contributed by atoms with van der Waals surface area (Å²) in [6.45, 7) is 4.59. The van der Waals surface area contributed by atoms with Crippen LogP contribution in [-0.2, 0) is 9.47 Å². The first-order chi connectivity index (χ1) is 12.1.